The normalized spacial score (nSPS) is 53.6. The van der Waals surface area contributed by atoms with Gasteiger partial charge in [0.2, 0.25) is 6.29 Å². The Morgan fingerprint density at radius 1 is 0.614 bits per heavy atom. The Bertz CT molecular complexity index is 1940. The number of esters is 2. The monoisotopic (exact) mass is 1000 g/mol. The van der Waals surface area contributed by atoms with E-state index in [4.69, 9.17) is 33.2 Å². The maximum Gasteiger partial charge on any atom is 0.315 e. The van der Waals surface area contributed by atoms with Crippen LogP contribution in [-0.2, 0) is 42.7 Å². The Kier molecular flexibility index (Phi) is 15.2. The van der Waals surface area contributed by atoms with E-state index >= 15 is 0 Å². The van der Waals surface area contributed by atoms with Crippen molar-refractivity contribution in [2.24, 2.45) is 50.2 Å². The maximum atomic E-state index is 14.8. The van der Waals surface area contributed by atoms with E-state index in [2.05, 4.69) is 26.8 Å². The molecule has 4 saturated carbocycles. The molecular formula is C49H78O21. The second-order valence-corrected chi connectivity index (χ2v) is 23.2. The van der Waals surface area contributed by atoms with E-state index in [-0.39, 0.29) is 42.1 Å². The number of fused-ring (bicyclic) bond motifs is 7. The van der Waals surface area contributed by atoms with Crippen molar-refractivity contribution in [3.8, 4) is 0 Å². The van der Waals surface area contributed by atoms with Crippen molar-refractivity contribution in [1.29, 1.82) is 0 Å². The number of hydrogen-bond acceptors (Lipinski definition) is 21. The molecule has 5 aliphatic carbocycles. The second-order valence-electron chi connectivity index (χ2n) is 23.2. The largest absolute Gasteiger partial charge is 0.469 e. The molecular weight excluding hydrogens is 925 g/mol. The molecule has 21 nitrogen and oxygen atoms in total. The molecule has 400 valence electrons. The molecule has 3 aliphatic heterocycles. The van der Waals surface area contributed by atoms with Crippen molar-refractivity contribution in [2.45, 2.75) is 197 Å². The summed E-state index contributed by atoms with van der Waals surface area (Å²) >= 11 is 0. The summed E-state index contributed by atoms with van der Waals surface area (Å²) in [6, 6.07) is 0. The minimum absolute atomic E-state index is 0.0604. The number of aliphatic hydroxyl groups is 12. The molecule has 0 radical (unpaired) electrons. The fraction of sp³-hybridized carbons (Fsp3) is 0.918. The zero-order chi connectivity index (χ0) is 51.3. The molecule has 70 heavy (non-hydrogen) atoms. The third kappa shape index (κ3) is 8.24. The van der Waals surface area contributed by atoms with Crippen LogP contribution in [0.5, 0.6) is 0 Å². The predicted octanol–water partition coefficient (Wildman–Crippen LogP) is -1.73. The van der Waals surface area contributed by atoms with Crippen LogP contribution in [0.2, 0.25) is 0 Å². The predicted molar refractivity (Wildman–Crippen MR) is 238 cm³/mol. The quantitative estimate of drug-likeness (QED) is 0.0621. The van der Waals surface area contributed by atoms with Gasteiger partial charge in [-0.05, 0) is 105 Å². The zero-order valence-corrected chi connectivity index (χ0v) is 41.0. The van der Waals surface area contributed by atoms with Crippen molar-refractivity contribution in [1.82, 2.24) is 0 Å². The summed E-state index contributed by atoms with van der Waals surface area (Å²) in [5.41, 5.74) is -3.19. The average Bonchev–Trinajstić information content (AvgIpc) is 3.34. The van der Waals surface area contributed by atoms with Crippen LogP contribution in [-0.4, -0.2) is 205 Å². The molecule has 0 spiro atoms. The van der Waals surface area contributed by atoms with Gasteiger partial charge in [0.1, 0.15) is 73.2 Å². The number of ether oxygens (including phenoxy) is 7. The molecule has 8 rings (SSSR count). The second kappa shape index (κ2) is 19.6. The third-order valence-electron chi connectivity index (χ3n) is 19.9. The molecule has 3 heterocycles. The summed E-state index contributed by atoms with van der Waals surface area (Å²) < 4.78 is 40.8. The molecule has 7 fully saturated rings. The molecule has 0 amide bonds. The average molecular weight is 1000 g/mol. The van der Waals surface area contributed by atoms with E-state index in [1.54, 1.807) is 0 Å². The first-order chi connectivity index (χ1) is 32.9. The first-order valence-electron chi connectivity index (χ1n) is 25.1. The van der Waals surface area contributed by atoms with Crippen LogP contribution in [0.25, 0.3) is 0 Å². The first kappa shape index (κ1) is 54.3. The van der Waals surface area contributed by atoms with Gasteiger partial charge in [-0.3, -0.25) is 9.59 Å². The van der Waals surface area contributed by atoms with Gasteiger partial charge in [0, 0.05) is 5.41 Å². The summed E-state index contributed by atoms with van der Waals surface area (Å²) in [4.78, 5) is 28.3. The van der Waals surface area contributed by atoms with E-state index < -0.39 is 158 Å². The Morgan fingerprint density at radius 2 is 1.17 bits per heavy atom. The number of hydrogen-bond donors (Lipinski definition) is 12. The van der Waals surface area contributed by atoms with Gasteiger partial charge in [0.15, 0.2) is 12.6 Å². The molecule has 12 N–H and O–H groups in total. The van der Waals surface area contributed by atoms with Gasteiger partial charge < -0.3 is 94.4 Å². The number of methoxy groups -OCH3 is 1. The number of carbonyl (C=O) groups is 2. The molecule has 0 unspecified atom stereocenters. The molecule has 3 saturated heterocycles. The Hall–Kier alpha value is -2.00. The Morgan fingerprint density at radius 3 is 1.76 bits per heavy atom. The van der Waals surface area contributed by atoms with Crippen molar-refractivity contribution in [3.63, 3.8) is 0 Å². The number of aliphatic hydroxyl groups excluding tert-OH is 12. The summed E-state index contributed by atoms with van der Waals surface area (Å²) in [7, 11) is 1.35. The van der Waals surface area contributed by atoms with Crippen molar-refractivity contribution >= 4 is 11.9 Å². The summed E-state index contributed by atoms with van der Waals surface area (Å²) in [6.07, 6.45) is -18.0. The van der Waals surface area contributed by atoms with Gasteiger partial charge in [0.05, 0.1) is 50.5 Å². The topological polar surface area (TPSA) is 342 Å². The minimum Gasteiger partial charge on any atom is -0.469 e. The minimum atomic E-state index is -1.84. The van der Waals surface area contributed by atoms with Crippen LogP contribution < -0.4 is 0 Å². The maximum absolute atomic E-state index is 14.8. The van der Waals surface area contributed by atoms with Crippen molar-refractivity contribution < 1.29 is 104 Å². The highest BCUT2D eigenvalue weighted by Gasteiger charge is 2.71. The van der Waals surface area contributed by atoms with Gasteiger partial charge in [-0.25, -0.2) is 0 Å². The van der Waals surface area contributed by atoms with Gasteiger partial charge >= 0.3 is 11.9 Å². The van der Waals surface area contributed by atoms with Gasteiger partial charge in [0.25, 0.3) is 0 Å². The van der Waals surface area contributed by atoms with Gasteiger partial charge in [-0.1, -0.05) is 39.3 Å². The van der Waals surface area contributed by atoms with Crippen LogP contribution in [0.15, 0.2) is 11.6 Å². The molecule has 0 aromatic heterocycles. The van der Waals surface area contributed by atoms with Crippen LogP contribution in [0.4, 0.5) is 0 Å². The fourth-order valence-corrected chi connectivity index (χ4v) is 15.3. The van der Waals surface area contributed by atoms with E-state index in [0.717, 1.165) is 5.57 Å². The third-order valence-corrected chi connectivity index (χ3v) is 19.9. The van der Waals surface area contributed by atoms with Crippen LogP contribution in [0.3, 0.4) is 0 Å². The standard InChI is InChI=1S/C49H78O21/c1-44(42(62)64-6)13-15-49(43(63)70-40-36(60)34(58)31(55)25(19-51)66-40)16-14-47(4)22(23(49)17-44)7-8-28-45(2)11-10-29(46(3,21-53)27(45)9-12-48(28,47)5)68-41-37(61)38(32(56)26(20-52)67-41)69-39-35(59)33(57)30(54)24(18-50)65-39/h7,23-41,50-61H,8-21H2,1-6H3/t23-,24-,25-,26+,27-,28+,29-,30+,31-,32-,33-,34-,35-,36+,37-,38-,39-,40-,41+,44-,45+,46+,47+,48+,49-/m0/s1. The zero-order valence-electron chi connectivity index (χ0n) is 41.0. The number of carbonyl (C=O) groups excluding carboxylic acids is 2. The molecule has 0 bridgehead atoms. The van der Waals surface area contributed by atoms with Gasteiger partial charge in [-0.2, -0.15) is 0 Å². The fourth-order valence-electron chi connectivity index (χ4n) is 15.3. The highest BCUT2D eigenvalue weighted by atomic mass is 16.7. The molecule has 0 aromatic rings. The molecule has 21 heteroatoms. The van der Waals surface area contributed by atoms with Crippen LogP contribution >= 0.6 is 0 Å². The summed E-state index contributed by atoms with van der Waals surface area (Å²) in [5, 5.41) is 127. The highest BCUT2D eigenvalue weighted by Crippen LogP contribution is 2.76. The molecule has 8 aliphatic rings. The van der Waals surface area contributed by atoms with E-state index in [1.807, 2.05) is 13.8 Å². The first-order valence-corrected chi connectivity index (χ1v) is 25.1. The van der Waals surface area contributed by atoms with E-state index in [0.29, 0.717) is 51.4 Å². The van der Waals surface area contributed by atoms with Crippen molar-refractivity contribution in [3.05, 3.63) is 11.6 Å². The summed E-state index contributed by atoms with van der Waals surface area (Å²) in [6.45, 7) is 8.19. The Labute approximate surface area is 407 Å². The van der Waals surface area contributed by atoms with Crippen LogP contribution in [0, 0.1) is 50.2 Å². The lowest BCUT2D eigenvalue weighted by Gasteiger charge is -2.71. The Balaban J connectivity index is 1.06. The van der Waals surface area contributed by atoms with Crippen molar-refractivity contribution in [2.75, 3.05) is 33.5 Å². The highest BCUT2D eigenvalue weighted by molar-refractivity contribution is 5.81. The molecule has 25 atom stereocenters. The number of allylic oxidation sites excluding steroid dienone is 2. The van der Waals surface area contributed by atoms with E-state index in [9.17, 15) is 70.9 Å². The lowest BCUT2D eigenvalue weighted by Crippen LogP contribution is -2.67. The summed E-state index contributed by atoms with van der Waals surface area (Å²) in [5.74, 6) is -1.61. The van der Waals surface area contributed by atoms with E-state index in [1.165, 1.54) is 7.11 Å². The number of rotatable bonds is 11. The lowest BCUT2D eigenvalue weighted by molar-refractivity contribution is -0.370. The van der Waals surface area contributed by atoms with Gasteiger partial charge in [-0.15, -0.1) is 0 Å². The van der Waals surface area contributed by atoms with Crippen LogP contribution in [0.1, 0.15) is 98.8 Å². The SMILES string of the molecule is COC(=O)[C@@]1(C)CC[C@]2(C(=O)O[C@@H]3O[C@@H](CO)[C@H](O)[C@H](O)[C@H]3O)CC[C@]3(C)C(=CC[C@@H]4[C@]5(C)CC[C@H](O[C@H]6O[C@H](CO)[C@H](O)[C@H](O[C@@H]7O[C@@H](CO)[C@@H](O)[C@H](O)[C@@H]7O)[C@@H]6O)[C@](C)(CO)[C@H]5CC[C@]43C)[C@@H]2C1. The lowest BCUT2D eigenvalue weighted by atomic mass is 9.33. The molecule has 0 aromatic carbocycles. The smallest absolute Gasteiger partial charge is 0.315 e.